The molecule has 0 saturated carbocycles. The maximum atomic E-state index is 13.8. The summed E-state index contributed by atoms with van der Waals surface area (Å²) in [6, 6.07) is 18.7. The topological polar surface area (TPSA) is 48.0 Å². The highest BCUT2D eigenvalue weighted by molar-refractivity contribution is 6.11. The van der Waals surface area contributed by atoms with Gasteiger partial charge in [-0.2, -0.15) is 0 Å². The van der Waals surface area contributed by atoms with E-state index in [1.165, 1.54) is 18.2 Å². The molecule has 3 aromatic carbocycles. The molecule has 2 aliphatic rings. The molecule has 32 heavy (non-hydrogen) atoms. The van der Waals surface area contributed by atoms with E-state index >= 15 is 0 Å². The van der Waals surface area contributed by atoms with Gasteiger partial charge in [0, 0.05) is 17.3 Å². The van der Waals surface area contributed by atoms with Crippen LogP contribution in [0.25, 0.3) is 0 Å². The lowest BCUT2D eigenvalue weighted by Crippen LogP contribution is -2.42. The molecule has 0 saturated heterocycles. The molecule has 1 atom stereocenters. The summed E-state index contributed by atoms with van der Waals surface area (Å²) in [6.45, 7) is 0.346. The fraction of sp³-hybridized carbons (Fsp3) is 0.208. The summed E-state index contributed by atoms with van der Waals surface area (Å²) in [7, 11) is 1.59. The molecule has 3 aromatic rings. The van der Waals surface area contributed by atoms with Gasteiger partial charge in [0.1, 0.15) is 29.3 Å². The van der Waals surface area contributed by atoms with Gasteiger partial charge in [0.2, 0.25) is 5.91 Å². The van der Waals surface area contributed by atoms with Crippen molar-refractivity contribution < 1.29 is 32.2 Å². The zero-order valence-corrected chi connectivity index (χ0v) is 17.0. The van der Waals surface area contributed by atoms with Gasteiger partial charge in [-0.1, -0.05) is 36.4 Å². The first-order valence-electron chi connectivity index (χ1n) is 9.89. The lowest BCUT2D eigenvalue weighted by molar-refractivity contribution is -0.274. The minimum atomic E-state index is -4.81. The SMILES string of the molecule is COc1ccc(CN2C(=O)C3(COc4cc(OC(F)(F)F)ccc43)c3ccccc32)cc1. The Morgan fingerprint density at radius 3 is 2.44 bits per heavy atom. The van der Waals surface area contributed by atoms with Crippen molar-refractivity contribution in [2.24, 2.45) is 0 Å². The normalized spacial score (nSPS) is 19.0. The number of carbonyl (C=O) groups is 1. The van der Waals surface area contributed by atoms with E-state index in [9.17, 15) is 18.0 Å². The number of hydrogen-bond donors (Lipinski definition) is 0. The Labute approximate surface area is 181 Å². The van der Waals surface area contributed by atoms with Crippen LogP contribution in [0.1, 0.15) is 16.7 Å². The van der Waals surface area contributed by atoms with Crippen LogP contribution in [0.2, 0.25) is 0 Å². The number of anilines is 1. The third-order valence-electron chi connectivity index (χ3n) is 5.86. The third kappa shape index (κ3) is 3.14. The highest BCUT2D eigenvalue weighted by atomic mass is 19.4. The van der Waals surface area contributed by atoms with Crippen LogP contribution in [-0.2, 0) is 16.8 Å². The molecule has 1 unspecified atom stereocenters. The largest absolute Gasteiger partial charge is 0.573 e. The van der Waals surface area contributed by atoms with Crippen molar-refractivity contribution in [3.05, 3.63) is 83.4 Å². The maximum Gasteiger partial charge on any atom is 0.573 e. The molecule has 2 aliphatic heterocycles. The number of halogens is 3. The molecule has 0 fully saturated rings. The van der Waals surface area contributed by atoms with Crippen molar-refractivity contribution in [3.8, 4) is 17.2 Å². The summed E-state index contributed by atoms with van der Waals surface area (Å²) in [5.74, 6) is 0.356. The van der Waals surface area contributed by atoms with Crippen LogP contribution >= 0.6 is 0 Å². The Morgan fingerprint density at radius 1 is 1.00 bits per heavy atom. The van der Waals surface area contributed by atoms with E-state index in [4.69, 9.17) is 9.47 Å². The Kier molecular flexibility index (Phi) is 4.54. The second-order valence-corrected chi connectivity index (χ2v) is 7.66. The van der Waals surface area contributed by atoms with Crippen LogP contribution in [0, 0.1) is 0 Å². The van der Waals surface area contributed by atoms with Gasteiger partial charge in [-0.15, -0.1) is 13.2 Å². The average molecular weight is 441 g/mol. The number of para-hydroxylation sites is 1. The van der Waals surface area contributed by atoms with Crippen molar-refractivity contribution in [1.82, 2.24) is 0 Å². The number of nitrogens with zero attached hydrogens (tertiary/aromatic N) is 1. The molecule has 0 aliphatic carbocycles. The molecule has 0 bridgehead atoms. The maximum absolute atomic E-state index is 13.8. The van der Waals surface area contributed by atoms with Crippen LogP contribution in [0.3, 0.4) is 0 Å². The molecule has 2 heterocycles. The average Bonchev–Trinajstić information content (AvgIpc) is 3.26. The van der Waals surface area contributed by atoms with E-state index in [0.717, 1.165) is 16.8 Å². The quantitative estimate of drug-likeness (QED) is 0.583. The number of hydrogen-bond acceptors (Lipinski definition) is 4. The molecular weight excluding hydrogens is 423 g/mol. The Hall–Kier alpha value is -3.68. The molecule has 5 nitrogen and oxygen atoms in total. The van der Waals surface area contributed by atoms with Crippen molar-refractivity contribution in [1.29, 1.82) is 0 Å². The molecule has 1 amide bonds. The summed E-state index contributed by atoms with van der Waals surface area (Å²) in [6.07, 6.45) is -4.81. The van der Waals surface area contributed by atoms with Crippen LogP contribution in [0.4, 0.5) is 18.9 Å². The first kappa shape index (κ1) is 20.2. The van der Waals surface area contributed by atoms with Crippen molar-refractivity contribution in [2.75, 3.05) is 18.6 Å². The Morgan fingerprint density at radius 2 is 1.72 bits per heavy atom. The van der Waals surface area contributed by atoms with Gasteiger partial charge in [0.25, 0.3) is 0 Å². The van der Waals surface area contributed by atoms with Crippen LogP contribution < -0.4 is 19.1 Å². The highest BCUT2D eigenvalue weighted by Gasteiger charge is 2.56. The van der Waals surface area contributed by atoms with Gasteiger partial charge in [-0.25, -0.2) is 0 Å². The molecule has 1 spiro atoms. The summed E-state index contributed by atoms with van der Waals surface area (Å²) in [4.78, 5) is 15.5. The van der Waals surface area contributed by atoms with Gasteiger partial charge >= 0.3 is 6.36 Å². The Bertz CT molecular complexity index is 1190. The van der Waals surface area contributed by atoms with Gasteiger partial charge in [-0.05, 0) is 35.4 Å². The van der Waals surface area contributed by atoms with Crippen molar-refractivity contribution in [3.63, 3.8) is 0 Å². The van der Waals surface area contributed by atoms with E-state index in [1.807, 2.05) is 48.5 Å². The predicted octanol–water partition coefficient (Wildman–Crippen LogP) is 4.82. The minimum absolute atomic E-state index is 0.00671. The summed E-state index contributed by atoms with van der Waals surface area (Å²) < 4.78 is 52.8. The number of methoxy groups -OCH3 is 1. The van der Waals surface area contributed by atoms with E-state index in [-0.39, 0.29) is 24.0 Å². The van der Waals surface area contributed by atoms with Gasteiger partial charge in [0.05, 0.1) is 13.7 Å². The van der Waals surface area contributed by atoms with Crippen LogP contribution in [0.5, 0.6) is 17.2 Å². The van der Waals surface area contributed by atoms with E-state index in [1.54, 1.807) is 12.0 Å². The molecule has 0 N–H and O–H groups in total. The van der Waals surface area contributed by atoms with E-state index in [0.29, 0.717) is 17.9 Å². The number of benzene rings is 3. The standard InChI is InChI=1S/C24H18F3NO4/c1-30-16-8-6-15(7-9-16)13-28-20-5-3-2-4-18(20)23(22(28)29)14-31-21-12-17(10-11-19(21)23)32-24(25,26)27/h2-12H,13-14H2,1H3. The number of fused-ring (bicyclic) bond motifs is 4. The summed E-state index contributed by atoms with van der Waals surface area (Å²) in [5, 5.41) is 0. The fourth-order valence-electron chi connectivity index (χ4n) is 4.43. The molecule has 8 heteroatoms. The number of alkyl halides is 3. The number of rotatable bonds is 4. The molecule has 164 valence electrons. The first-order valence-corrected chi connectivity index (χ1v) is 9.89. The molecule has 0 aromatic heterocycles. The lowest BCUT2D eigenvalue weighted by atomic mass is 9.77. The van der Waals surface area contributed by atoms with Gasteiger partial charge in [-0.3, -0.25) is 4.79 Å². The fourth-order valence-corrected chi connectivity index (χ4v) is 4.43. The number of amides is 1. The third-order valence-corrected chi connectivity index (χ3v) is 5.86. The zero-order chi connectivity index (χ0) is 22.5. The second kappa shape index (κ2) is 7.19. The number of ether oxygens (including phenoxy) is 3. The summed E-state index contributed by atoms with van der Waals surface area (Å²) >= 11 is 0. The monoisotopic (exact) mass is 441 g/mol. The molecule has 5 rings (SSSR count). The molecular formula is C24H18F3NO4. The van der Waals surface area contributed by atoms with Crippen molar-refractivity contribution in [2.45, 2.75) is 18.3 Å². The summed E-state index contributed by atoms with van der Waals surface area (Å²) in [5.41, 5.74) is 1.85. The van der Waals surface area contributed by atoms with E-state index in [2.05, 4.69) is 4.74 Å². The first-order chi connectivity index (χ1) is 15.3. The second-order valence-electron chi connectivity index (χ2n) is 7.66. The smallest absolute Gasteiger partial charge is 0.497 e. The highest BCUT2D eigenvalue weighted by Crippen LogP contribution is 2.53. The number of carbonyl (C=O) groups excluding carboxylic acids is 1. The Balaban J connectivity index is 1.54. The lowest BCUT2D eigenvalue weighted by Gasteiger charge is -2.23. The van der Waals surface area contributed by atoms with Gasteiger partial charge < -0.3 is 19.1 Å². The van der Waals surface area contributed by atoms with Crippen LogP contribution in [-0.4, -0.2) is 26.0 Å². The van der Waals surface area contributed by atoms with Crippen LogP contribution in [0.15, 0.2) is 66.7 Å². The van der Waals surface area contributed by atoms with Gasteiger partial charge in [0.15, 0.2) is 0 Å². The van der Waals surface area contributed by atoms with E-state index < -0.39 is 11.8 Å². The zero-order valence-electron chi connectivity index (χ0n) is 17.0. The molecule has 0 radical (unpaired) electrons. The minimum Gasteiger partial charge on any atom is -0.497 e. The van der Waals surface area contributed by atoms with Crippen molar-refractivity contribution >= 4 is 11.6 Å². The predicted molar refractivity (Wildman–Crippen MR) is 110 cm³/mol.